The van der Waals surface area contributed by atoms with Gasteiger partial charge in [0.2, 0.25) is 5.91 Å². The number of nitrogens with zero attached hydrogens (tertiary/aromatic N) is 6. The summed E-state index contributed by atoms with van der Waals surface area (Å²) < 4.78 is 0. The van der Waals surface area contributed by atoms with Gasteiger partial charge in [0.1, 0.15) is 0 Å². The summed E-state index contributed by atoms with van der Waals surface area (Å²) in [5.74, 6) is 1.07. The molecule has 3 N–H and O–H groups in total. The number of nitrogens with one attached hydrogen (secondary N) is 3. The summed E-state index contributed by atoms with van der Waals surface area (Å²) in [6.45, 7) is 8.23. The fraction of sp³-hybridized carbons (Fsp3) is 0.410. The minimum absolute atomic E-state index is 0.00410. The lowest BCUT2D eigenvalue weighted by Gasteiger charge is -2.45. The van der Waals surface area contributed by atoms with Gasteiger partial charge < -0.3 is 20.1 Å². The van der Waals surface area contributed by atoms with Crippen LogP contribution in [0.5, 0.6) is 0 Å². The van der Waals surface area contributed by atoms with E-state index in [2.05, 4.69) is 71.7 Å². The Morgan fingerprint density at radius 1 is 0.824 bits per heavy atom. The Balaban J connectivity index is 0.785. The van der Waals surface area contributed by atoms with Crippen molar-refractivity contribution in [2.45, 2.75) is 37.5 Å². The van der Waals surface area contributed by atoms with Crippen LogP contribution >= 0.6 is 0 Å². The molecular weight excluding hydrogens is 642 g/mol. The lowest BCUT2D eigenvalue weighted by Crippen LogP contribution is -2.55. The Labute approximate surface area is 297 Å². The van der Waals surface area contributed by atoms with Gasteiger partial charge in [-0.2, -0.15) is 0 Å². The number of anilines is 3. The van der Waals surface area contributed by atoms with Gasteiger partial charge in [0.15, 0.2) is 5.82 Å². The summed E-state index contributed by atoms with van der Waals surface area (Å²) in [7, 11) is 0. The third-order valence-corrected chi connectivity index (χ3v) is 11.6. The minimum Gasteiger partial charge on any atom is -0.371 e. The van der Waals surface area contributed by atoms with E-state index in [1.807, 2.05) is 24.3 Å². The summed E-state index contributed by atoms with van der Waals surface area (Å²) in [5, 5.41) is 5.53. The molecule has 51 heavy (non-hydrogen) atoms. The van der Waals surface area contributed by atoms with E-state index in [9.17, 15) is 14.4 Å². The number of fused-ring (bicyclic) bond motifs is 2. The van der Waals surface area contributed by atoms with Crippen LogP contribution in [0.15, 0.2) is 66.9 Å². The van der Waals surface area contributed by atoms with Crippen molar-refractivity contribution in [1.82, 2.24) is 30.5 Å². The van der Waals surface area contributed by atoms with Crippen molar-refractivity contribution in [3.8, 4) is 22.8 Å². The second kappa shape index (κ2) is 12.8. The van der Waals surface area contributed by atoms with Crippen LogP contribution in [-0.4, -0.2) is 96.6 Å². The molecule has 5 aliphatic rings. The zero-order valence-corrected chi connectivity index (χ0v) is 28.7. The number of aromatic amines is 1. The second-order valence-electron chi connectivity index (χ2n) is 14.8. The molecule has 3 saturated heterocycles. The van der Waals surface area contributed by atoms with Gasteiger partial charge >= 0.3 is 6.03 Å². The predicted octanol–water partition coefficient (Wildman–Crippen LogP) is 4.40. The van der Waals surface area contributed by atoms with Gasteiger partial charge in [-0.1, -0.05) is 18.9 Å². The molecule has 0 atom stereocenters. The number of imide groups is 1. The number of rotatable bonds is 7. The van der Waals surface area contributed by atoms with Gasteiger partial charge in [0.25, 0.3) is 5.91 Å². The number of benzene rings is 2. The maximum absolute atomic E-state index is 12.7. The van der Waals surface area contributed by atoms with Crippen LogP contribution in [0.4, 0.5) is 21.9 Å². The monoisotopic (exact) mass is 685 g/mol. The molecule has 1 aliphatic carbocycles. The Hall–Kier alpha value is -5.23. The number of aromatic nitrogens is 3. The lowest BCUT2D eigenvalue weighted by molar-refractivity contribution is -0.120. The first kappa shape index (κ1) is 31.7. The van der Waals surface area contributed by atoms with Crippen molar-refractivity contribution in [2.24, 2.45) is 5.92 Å². The number of carbonyl (C=O) groups is 3. The van der Waals surface area contributed by atoms with E-state index in [4.69, 9.17) is 4.98 Å². The summed E-state index contributed by atoms with van der Waals surface area (Å²) in [5.41, 5.74) is 7.64. The van der Waals surface area contributed by atoms with Crippen LogP contribution in [0, 0.1) is 5.92 Å². The summed E-state index contributed by atoms with van der Waals surface area (Å²) in [4.78, 5) is 58.8. The topological polar surface area (TPSA) is 130 Å². The van der Waals surface area contributed by atoms with Crippen molar-refractivity contribution in [3.05, 3.63) is 78.1 Å². The number of carbonyl (C=O) groups excluding carboxylic acids is 3. The first-order chi connectivity index (χ1) is 24.9. The van der Waals surface area contributed by atoms with Gasteiger partial charge in [0, 0.05) is 111 Å². The molecule has 0 unspecified atom stereocenters. The summed E-state index contributed by atoms with van der Waals surface area (Å²) in [6, 6.07) is 20.1. The van der Waals surface area contributed by atoms with Gasteiger partial charge in [-0.25, -0.2) is 14.8 Å². The van der Waals surface area contributed by atoms with Gasteiger partial charge in [-0.3, -0.25) is 24.7 Å². The van der Waals surface area contributed by atoms with E-state index in [0.717, 1.165) is 98.2 Å². The number of urea groups is 1. The lowest BCUT2D eigenvalue weighted by atomic mass is 9.78. The zero-order valence-electron chi connectivity index (χ0n) is 28.7. The number of amides is 4. The third-order valence-electron chi connectivity index (χ3n) is 11.6. The number of hydrogen-bond acceptors (Lipinski definition) is 8. The zero-order chi connectivity index (χ0) is 34.5. The highest BCUT2D eigenvalue weighted by Crippen LogP contribution is 2.44. The molecule has 2 aromatic carbocycles. The number of H-pyrrole nitrogens is 1. The van der Waals surface area contributed by atoms with Crippen molar-refractivity contribution in [2.75, 3.05) is 73.6 Å². The molecule has 4 aromatic rings. The molecule has 4 amide bonds. The van der Waals surface area contributed by atoms with Crippen LogP contribution < -0.4 is 25.3 Å². The molecule has 0 bridgehead atoms. The van der Waals surface area contributed by atoms with E-state index >= 15 is 0 Å². The number of hydrogen-bond donors (Lipinski definition) is 3. The molecule has 4 aliphatic heterocycles. The molecule has 12 heteroatoms. The Morgan fingerprint density at radius 3 is 2.39 bits per heavy atom. The predicted molar refractivity (Wildman–Crippen MR) is 196 cm³/mol. The molecule has 9 rings (SSSR count). The molecule has 1 saturated carbocycles. The first-order valence-electron chi connectivity index (χ1n) is 18.3. The highest BCUT2D eigenvalue weighted by molar-refractivity contribution is 6.05. The van der Waals surface area contributed by atoms with Crippen LogP contribution in [0.2, 0.25) is 0 Å². The van der Waals surface area contributed by atoms with Crippen LogP contribution in [0.25, 0.3) is 22.8 Å². The Morgan fingerprint density at radius 2 is 1.61 bits per heavy atom. The van der Waals surface area contributed by atoms with Gasteiger partial charge in [0.05, 0.1) is 17.0 Å². The molecule has 12 nitrogen and oxygen atoms in total. The van der Waals surface area contributed by atoms with Crippen molar-refractivity contribution in [1.29, 1.82) is 0 Å². The van der Waals surface area contributed by atoms with E-state index in [-0.39, 0.29) is 23.3 Å². The second-order valence-corrected chi connectivity index (χ2v) is 14.8. The normalized spacial score (nSPS) is 20.7. The quantitative estimate of drug-likeness (QED) is 0.261. The van der Waals surface area contributed by atoms with E-state index in [1.165, 1.54) is 18.5 Å². The summed E-state index contributed by atoms with van der Waals surface area (Å²) in [6.07, 6.45) is 6.71. The minimum atomic E-state index is -0.347. The van der Waals surface area contributed by atoms with Crippen LogP contribution in [0.3, 0.4) is 0 Å². The van der Waals surface area contributed by atoms with Crippen molar-refractivity contribution in [3.63, 3.8) is 0 Å². The van der Waals surface area contributed by atoms with E-state index in [1.54, 1.807) is 11.1 Å². The van der Waals surface area contributed by atoms with Gasteiger partial charge in [-0.15, -0.1) is 0 Å². The average Bonchev–Trinajstić information content (AvgIpc) is 3.82. The van der Waals surface area contributed by atoms with Crippen LogP contribution in [0.1, 0.15) is 48.2 Å². The molecular formula is C39H43N9O3. The van der Waals surface area contributed by atoms with E-state index in [0.29, 0.717) is 31.3 Å². The fourth-order valence-electron chi connectivity index (χ4n) is 8.69. The highest BCUT2D eigenvalue weighted by atomic mass is 16.2. The smallest absolute Gasteiger partial charge is 0.328 e. The first-order valence-corrected chi connectivity index (χ1v) is 18.3. The average molecular weight is 686 g/mol. The number of piperazine rings is 1. The molecule has 0 radical (unpaired) electrons. The van der Waals surface area contributed by atoms with Crippen molar-refractivity contribution < 1.29 is 14.4 Å². The SMILES string of the molecule is O=C1CCN(c2cccc(N3CC(CN4CCN(c5ccc(-c6nccc(-c7cc8c([nH]7)C7(CCCC7)CNC8=O)n6)cc5)CC4)C3)c2)C(=O)N1. The van der Waals surface area contributed by atoms with E-state index < -0.39 is 0 Å². The Kier molecular flexibility index (Phi) is 7.98. The summed E-state index contributed by atoms with van der Waals surface area (Å²) >= 11 is 0. The third kappa shape index (κ3) is 6.01. The fourth-order valence-corrected chi connectivity index (χ4v) is 8.69. The Bertz CT molecular complexity index is 1970. The standard InChI is InChI=1S/C39H43N9O3/c49-34-11-15-48(38(51)44-34)30-5-3-4-29(20-30)47-23-26(24-47)22-45-16-18-46(19-17-45)28-8-6-27(7-9-28)36-40-14-10-32(43-36)33-21-31-35(42-33)39(12-1-2-13-39)25-41-37(31)50/h3-10,14,20-21,26,42H,1-2,11-13,15-19,22-25H2,(H,41,50)(H,44,49,51). The molecule has 1 spiro atoms. The maximum Gasteiger partial charge on any atom is 0.328 e. The molecule has 6 heterocycles. The van der Waals surface area contributed by atoms with Crippen LogP contribution in [-0.2, 0) is 10.2 Å². The molecule has 262 valence electrons. The molecule has 2 aromatic heterocycles. The van der Waals surface area contributed by atoms with Gasteiger partial charge in [-0.05, 0) is 67.4 Å². The van der Waals surface area contributed by atoms with Crippen molar-refractivity contribution >= 4 is 34.9 Å². The largest absolute Gasteiger partial charge is 0.371 e. The highest BCUT2D eigenvalue weighted by Gasteiger charge is 2.43. The maximum atomic E-state index is 12.7. The molecule has 4 fully saturated rings.